The molecule has 0 heterocycles. The van der Waals surface area contributed by atoms with Gasteiger partial charge in [-0.1, -0.05) is 0 Å². The Morgan fingerprint density at radius 1 is 1.21 bits per heavy atom. The van der Waals surface area contributed by atoms with Crippen molar-refractivity contribution >= 4 is 11.6 Å². The summed E-state index contributed by atoms with van der Waals surface area (Å²) in [6.07, 6.45) is -4.67. The third-order valence-electron chi connectivity index (χ3n) is 2.64. The van der Waals surface area contributed by atoms with Gasteiger partial charge in [0.2, 0.25) is 5.91 Å². The first-order valence-corrected chi connectivity index (χ1v) is 5.30. The van der Waals surface area contributed by atoms with Crippen LogP contribution in [0.4, 0.5) is 18.9 Å². The minimum Gasteiger partial charge on any atom is -0.493 e. The molecule has 0 aliphatic carbocycles. The molecule has 0 bridgehead atoms. The second kappa shape index (κ2) is 5.38. The highest BCUT2D eigenvalue weighted by molar-refractivity contribution is 5.92. The number of carbonyl (C=O) groups excluding carboxylic acids is 1. The maximum Gasteiger partial charge on any atom is 0.422 e. The Kier molecular flexibility index (Phi) is 4.28. The second-order valence-electron chi connectivity index (χ2n) is 3.77. The molecule has 7 heteroatoms. The van der Waals surface area contributed by atoms with E-state index in [9.17, 15) is 18.0 Å². The number of halogens is 3. The molecule has 0 aromatic heterocycles. The largest absolute Gasteiger partial charge is 0.493 e. The van der Waals surface area contributed by atoms with Crippen LogP contribution < -0.4 is 14.4 Å². The Bertz CT molecular complexity index is 486. The van der Waals surface area contributed by atoms with Crippen LogP contribution in [0.3, 0.4) is 0 Å². The average molecular weight is 277 g/mol. The van der Waals surface area contributed by atoms with Gasteiger partial charge in [0, 0.05) is 14.0 Å². The van der Waals surface area contributed by atoms with Crippen LogP contribution in [0.2, 0.25) is 0 Å². The molecule has 19 heavy (non-hydrogen) atoms. The first kappa shape index (κ1) is 15.1. The normalized spacial score (nSPS) is 11.1. The monoisotopic (exact) mass is 277 g/mol. The van der Waals surface area contributed by atoms with Gasteiger partial charge in [-0.3, -0.25) is 4.79 Å². The molecule has 1 aromatic rings. The maximum atomic E-state index is 13.2. The molecule has 0 radical (unpaired) electrons. The summed E-state index contributed by atoms with van der Waals surface area (Å²) < 4.78 is 49.1. The quantitative estimate of drug-likeness (QED) is 0.852. The first-order chi connectivity index (χ1) is 8.73. The standard InChI is InChI=1S/C12H14F3NO3/c1-7(17)16(2)8-5-6-9(18-3)11(19-4)10(8)12(13,14)15/h5-6H,1-4H3. The summed E-state index contributed by atoms with van der Waals surface area (Å²) in [6.45, 7) is 1.18. The molecule has 1 aromatic carbocycles. The molecule has 4 nitrogen and oxygen atoms in total. The van der Waals surface area contributed by atoms with Crippen molar-refractivity contribution in [2.45, 2.75) is 13.1 Å². The number of nitrogens with zero attached hydrogens (tertiary/aromatic N) is 1. The van der Waals surface area contributed by atoms with E-state index in [1.165, 1.54) is 33.2 Å². The van der Waals surface area contributed by atoms with Gasteiger partial charge >= 0.3 is 6.18 Å². The molecule has 1 amide bonds. The second-order valence-corrected chi connectivity index (χ2v) is 3.77. The molecule has 1 rings (SSSR count). The van der Waals surface area contributed by atoms with Crippen molar-refractivity contribution < 1.29 is 27.4 Å². The van der Waals surface area contributed by atoms with E-state index in [-0.39, 0.29) is 11.4 Å². The van der Waals surface area contributed by atoms with Gasteiger partial charge in [0.15, 0.2) is 11.5 Å². The number of amides is 1. The number of alkyl halides is 3. The third kappa shape index (κ3) is 2.91. The molecular weight excluding hydrogens is 263 g/mol. The summed E-state index contributed by atoms with van der Waals surface area (Å²) in [5.41, 5.74) is -1.32. The summed E-state index contributed by atoms with van der Waals surface area (Å²) in [5, 5.41) is 0. The van der Waals surface area contributed by atoms with Gasteiger partial charge in [0.1, 0.15) is 5.56 Å². The van der Waals surface area contributed by atoms with Gasteiger partial charge in [-0.25, -0.2) is 0 Å². The minimum absolute atomic E-state index is 0.0458. The number of methoxy groups -OCH3 is 2. The minimum atomic E-state index is -4.67. The zero-order valence-corrected chi connectivity index (χ0v) is 11.0. The number of anilines is 1. The average Bonchev–Trinajstić information content (AvgIpc) is 2.34. The Labute approximate surface area is 108 Å². The van der Waals surface area contributed by atoms with Crippen LogP contribution in [0.15, 0.2) is 12.1 Å². The van der Waals surface area contributed by atoms with Gasteiger partial charge in [-0.2, -0.15) is 13.2 Å². The molecule has 0 aliphatic heterocycles. The van der Waals surface area contributed by atoms with Crippen LogP contribution in [0.5, 0.6) is 11.5 Å². The molecule has 0 saturated heterocycles. The fourth-order valence-electron chi connectivity index (χ4n) is 1.64. The van der Waals surface area contributed by atoms with Crippen molar-refractivity contribution in [1.29, 1.82) is 0 Å². The van der Waals surface area contributed by atoms with Gasteiger partial charge in [0.05, 0.1) is 19.9 Å². The van der Waals surface area contributed by atoms with Crippen LogP contribution in [0.25, 0.3) is 0 Å². The zero-order chi connectivity index (χ0) is 14.8. The highest BCUT2D eigenvalue weighted by Crippen LogP contribution is 2.46. The van der Waals surface area contributed by atoms with Crippen LogP contribution in [-0.4, -0.2) is 27.2 Å². The number of hydrogen-bond acceptors (Lipinski definition) is 3. The number of benzene rings is 1. The topological polar surface area (TPSA) is 38.8 Å². The fraction of sp³-hybridized carbons (Fsp3) is 0.417. The molecule has 0 spiro atoms. The van der Waals surface area contributed by atoms with E-state index in [1.54, 1.807) is 0 Å². The highest BCUT2D eigenvalue weighted by atomic mass is 19.4. The Morgan fingerprint density at radius 3 is 2.16 bits per heavy atom. The zero-order valence-electron chi connectivity index (χ0n) is 11.0. The summed E-state index contributed by atoms with van der Waals surface area (Å²) >= 11 is 0. The lowest BCUT2D eigenvalue weighted by Crippen LogP contribution is -2.26. The summed E-state index contributed by atoms with van der Waals surface area (Å²) in [4.78, 5) is 12.2. The van der Waals surface area contributed by atoms with E-state index in [2.05, 4.69) is 0 Å². The number of hydrogen-bond donors (Lipinski definition) is 0. The van der Waals surface area contributed by atoms with E-state index in [4.69, 9.17) is 9.47 Å². The molecular formula is C12H14F3NO3. The lowest BCUT2D eigenvalue weighted by molar-refractivity contribution is -0.138. The molecule has 0 unspecified atom stereocenters. The predicted molar refractivity (Wildman–Crippen MR) is 63.6 cm³/mol. The smallest absolute Gasteiger partial charge is 0.422 e. The molecule has 106 valence electrons. The number of rotatable bonds is 3. The van der Waals surface area contributed by atoms with Crippen LogP contribution >= 0.6 is 0 Å². The van der Waals surface area contributed by atoms with Gasteiger partial charge in [-0.05, 0) is 12.1 Å². The first-order valence-electron chi connectivity index (χ1n) is 5.30. The van der Waals surface area contributed by atoms with E-state index < -0.39 is 23.4 Å². The maximum absolute atomic E-state index is 13.2. The highest BCUT2D eigenvalue weighted by Gasteiger charge is 2.40. The lowest BCUT2D eigenvalue weighted by atomic mass is 10.1. The Morgan fingerprint density at radius 2 is 1.79 bits per heavy atom. The Hall–Kier alpha value is -1.92. The van der Waals surface area contributed by atoms with E-state index in [0.29, 0.717) is 0 Å². The summed E-state index contributed by atoms with van der Waals surface area (Å²) in [5.74, 6) is -1.01. The van der Waals surface area contributed by atoms with Crippen molar-refractivity contribution in [3.05, 3.63) is 17.7 Å². The lowest BCUT2D eigenvalue weighted by Gasteiger charge is -2.23. The van der Waals surface area contributed by atoms with Crippen molar-refractivity contribution in [3.63, 3.8) is 0 Å². The molecule has 0 saturated carbocycles. The van der Waals surface area contributed by atoms with Crippen LogP contribution in [0.1, 0.15) is 12.5 Å². The van der Waals surface area contributed by atoms with Crippen LogP contribution in [0, 0.1) is 0 Å². The number of ether oxygens (including phenoxy) is 2. The molecule has 0 aliphatic rings. The fourth-order valence-corrected chi connectivity index (χ4v) is 1.64. The molecule has 0 atom stereocenters. The number of carbonyl (C=O) groups is 1. The van der Waals surface area contributed by atoms with Crippen LogP contribution in [-0.2, 0) is 11.0 Å². The molecule has 0 fully saturated rings. The Balaban J connectivity index is 3.61. The molecule has 0 N–H and O–H groups in total. The summed E-state index contributed by atoms with van der Waals surface area (Å²) in [6, 6.07) is 2.49. The van der Waals surface area contributed by atoms with E-state index in [0.717, 1.165) is 12.0 Å². The predicted octanol–water partition coefficient (Wildman–Crippen LogP) is 2.71. The SMILES string of the molecule is COc1ccc(N(C)C(C)=O)c(C(F)(F)F)c1OC. The van der Waals surface area contributed by atoms with E-state index in [1.807, 2.05) is 0 Å². The third-order valence-corrected chi connectivity index (χ3v) is 2.64. The van der Waals surface area contributed by atoms with E-state index >= 15 is 0 Å². The van der Waals surface area contributed by atoms with Gasteiger partial charge in [-0.15, -0.1) is 0 Å². The van der Waals surface area contributed by atoms with Crippen molar-refractivity contribution in [3.8, 4) is 11.5 Å². The van der Waals surface area contributed by atoms with Crippen molar-refractivity contribution in [2.75, 3.05) is 26.2 Å². The van der Waals surface area contributed by atoms with Gasteiger partial charge < -0.3 is 14.4 Å². The summed E-state index contributed by atoms with van der Waals surface area (Å²) in [7, 11) is 3.62. The van der Waals surface area contributed by atoms with Crippen molar-refractivity contribution in [2.24, 2.45) is 0 Å². The van der Waals surface area contributed by atoms with Gasteiger partial charge in [0.25, 0.3) is 0 Å². The van der Waals surface area contributed by atoms with Crippen molar-refractivity contribution in [1.82, 2.24) is 0 Å².